The van der Waals surface area contributed by atoms with Crippen LogP contribution in [0.1, 0.15) is 40.5 Å². The zero-order valence-electron chi connectivity index (χ0n) is 17.0. The Hall–Kier alpha value is -3.62. The van der Waals surface area contributed by atoms with Gasteiger partial charge in [-0.1, -0.05) is 6.92 Å². The number of rotatable bonds is 6. The van der Waals surface area contributed by atoms with E-state index >= 15 is 0 Å². The molecule has 9 nitrogen and oxygen atoms in total. The first-order valence-electron chi connectivity index (χ1n) is 10.1. The minimum absolute atomic E-state index is 0.0271. The first-order valence-corrected chi connectivity index (χ1v) is 10.1. The Labute approximate surface area is 178 Å². The number of Topliss-reactive ketones (excluding diaryl/α,β-unsaturated/α-hetero) is 1. The van der Waals surface area contributed by atoms with Gasteiger partial charge in [0.25, 0.3) is 5.69 Å². The topological polar surface area (TPSA) is 108 Å². The molecule has 162 valence electrons. The monoisotopic (exact) mass is 426 g/mol. The molecule has 0 aromatic heterocycles. The molecule has 0 saturated carbocycles. The Morgan fingerprint density at radius 2 is 1.81 bits per heavy atom. The van der Waals surface area contributed by atoms with Gasteiger partial charge in [-0.15, -0.1) is 0 Å². The van der Waals surface area contributed by atoms with E-state index in [9.17, 15) is 19.7 Å². The average molecular weight is 426 g/mol. The van der Waals surface area contributed by atoms with Gasteiger partial charge in [0.15, 0.2) is 23.9 Å². The molecular weight excluding hydrogens is 404 g/mol. The SMILES string of the molecule is CC1CCN(c2ccc(C(=O)OCC(=O)c3ccc4c(c3)OCO4)cc2[N+](=O)[O-])CC1. The molecular formula is C22H22N2O7. The summed E-state index contributed by atoms with van der Waals surface area (Å²) in [7, 11) is 0. The molecule has 0 N–H and O–H groups in total. The highest BCUT2D eigenvalue weighted by Crippen LogP contribution is 2.33. The quantitative estimate of drug-likeness (QED) is 0.298. The number of fused-ring (bicyclic) bond motifs is 1. The molecule has 1 saturated heterocycles. The number of hydrogen-bond donors (Lipinski definition) is 0. The van der Waals surface area contributed by atoms with E-state index in [2.05, 4.69) is 6.92 Å². The molecule has 2 aliphatic rings. The van der Waals surface area contributed by atoms with Gasteiger partial charge in [-0.25, -0.2) is 4.79 Å². The highest BCUT2D eigenvalue weighted by molar-refractivity contribution is 6.00. The smallest absolute Gasteiger partial charge is 0.338 e. The number of benzene rings is 2. The zero-order valence-corrected chi connectivity index (χ0v) is 17.0. The minimum Gasteiger partial charge on any atom is -0.454 e. The van der Waals surface area contributed by atoms with Crippen molar-refractivity contribution < 1.29 is 28.7 Å². The number of esters is 1. The number of nitro benzene ring substituents is 1. The van der Waals surface area contributed by atoms with Crippen LogP contribution in [0.2, 0.25) is 0 Å². The summed E-state index contributed by atoms with van der Waals surface area (Å²) in [5, 5.41) is 11.6. The van der Waals surface area contributed by atoms with E-state index in [0.29, 0.717) is 28.7 Å². The maximum absolute atomic E-state index is 12.4. The van der Waals surface area contributed by atoms with Crippen LogP contribution in [0.3, 0.4) is 0 Å². The van der Waals surface area contributed by atoms with Crippen LogP contribution in [0.15, 0.2) is 36.4 Å². The molecule has 0 bridgehead atoms. The van der Waals surface area contributed by atoms with E-state index in [1.807, 2.05) is 4.90 Å². The summed E-state index contributed by atoms with van der Waals surface area (Å²) in [6.45, 7) is 3.23. The highest BCUT2D eigenvalue weighted by atomic mass is 16.7. The van der Waals surface area contributed by atoms with Crippen LogP contribution in [0.5, 0.6) is 11.5 Å². The second-order valence-electron chi connectivity index (χ2n) is 7.70. The Morgan fingerprint density at radius 1 is 1.10 bits per heavy atom. The van der Waals surface area contributed by atoms with E-state index in [1.165, 1.54) is 18.2 Å². The van der Waals surface area contributed by atoms with Crippen LogP contribution in [0.4, 0.5) is 11.4 Å². The summed E-state index contributed by atoms with van der Waals surface area (Å²) in [5.41, 5.74) is 0.688. The van der Waals surface area contributed by atoms with E-state index in [0.717, 1.165) is 25.9 Å². The van der Waals surface area contributed by atoms with Gasteiger partial charge >= 0.3 is 5.97 Å². The lowest BCUT2D eigenvalue weighted by atomic mass is 9.98. The summed E-state index contributed by atoms with van der Waals surface area (Å²) in [6.07, 6.45) is 1.92. The van der Waals surface area contributed by atoms with Gasteiger partial charge in [0.1, 0.15) is 5.69 Å². The van der Waals surface area contributed by atoms with Crippen LogP contribution >= 0.6 is 0 Å². The number of nitrogens with zero attached hydrogens (tertiary/aromatic N) is 2. The zero-order chi connectivity index (χ0) is 22.0. The van der Waals surface area contributed by atoms with Crippen LogP contribution in [-0.4, -0.2) is 43.2 Å². The normalized spacial score (nSPS) is 15.6. The van der Waals surface area contributed by atoms with Crippen molar-refractivity contribution >= 4 is 23.1 Å². The second-order valence-corrected chi connectivity index (χ2v) is 7.70. The number of nitro groups is 1. The van der Waals surface area contributed by atoms with Crippen LogP contribution < -0.4 is 14.4 Å². The number of ether oxygens (including phenoxy) is 3. The van der Waals surface area contributed by atoms with Crippen LogP contribution in [-0.2, 0) is 4.74 Å². The number of carbonyl (C=O) groups excluding carboxylic acids is 2. The maximum Gasteiger partial charge on any atom is 0.338 e. The van der Waals surface area contributed by atoms with Gasteiger partial charge in [-0.2, -0.15) is 0 Å². The Bertz CT molecular complexity index is 1030. The van der Waals surface area contributed by atoms with Crippen molar-refractivity contribution in [1.29, 1.82) is 0 Å². The lowest BCUT2D eigenvalue weighted by molar-refractivity contribution is -0.384. The predicted molar refractivity (Wildman–Crippen MR) is 111 cm³/mol. The lowest BCUT2D eigenvalue weighted by Gasteiger charge is -2.31. The molecule has 2 aromatic carbocycles. The largest absolute Gasteiger partial charge is 0.454 e. The van der Waals surface area contributed by atoms with Gasteiger partial charge in [-0.05, 0) is 49.1 Å². The Morgan fingerprint density at radius 3 is 2.55 bits per heavy atom. The number of anilines is 1. The van der Waals surface area contributed by atoms with Crippen molar-refractivity contribution in [3.63, 3.8) is 0 Å². The van der Waals surface area contributed by atoms with Crippen molar-refractivity contribution in [2.24, 2.45) is 5.92 Å². The fourth-order valence-corrected chi connectivity index (χ4v) is 3.68. The predicted octanol–water partition coefficient (Wildman–Crippen LogP) is 3.60. The van der Waals surface area contributed by atoms with Crippen molar-refractivity contribution in [2.75, 3.05) is 31.4 Å². The molecule has 0 unspecified atom stereocenters. The molecule has 2 aromatic rings. The summed E-state index contributed by atoms with van der Waals surface area (Å²) in [5.74, 6) is 0.377. The molecule has 1 fully saturated rings. The van der Waals surface area contributed by atoms with E-state index < -0.39 is 23.3 Å². The summed E-state index contributed by atoms with van der Waals surface area (Å²) < 4.78 is 15.5. The van der Waals surface area contributed by atoms with Gasteiger partial charge in [-0.3, -0.25) is 14.9 Å². The van der Waals surface area contributed by atoms with Crippen LogP contribution in [0, 0.1) is 16.0 Å². The number of hydrogen-bond acceptors (Lipinski definition) is 8. The number of carbonyl (C=O) groups is 2. The van der Waals surface area contributed by atoms with Crippen molar-refractivity contribution in [1.82, 2.24) is 0 Å². The van der Waals surface area contributed by atoms with E-state index in [4.69, 9.17) is 14.2 Å². The molecule has 0 aliphatic carbocycles. The maximum atomic E-state index is 12.4. The number of piperidine rings is 1. The molecule has 0 amide bonds. The number of ketones is 1. The first-order chi connectivity index (χ1) is 14.9. The molecule has 0 radical (unpaired) electrons. The van der Waals surface area contributed by atoms with Crippen LogP contribution in [0.25, 0.3) is 0 Å². The summed E-state index contributed by atoms with van der Waals surface area (Å²) >= 11 is 0. The summed E-state index contributed by atoms with van der Waals surface area (Å²) in [4.78, 5) is 37.8. The third-order valence-corrected chi connectivity index (χ3v) is 5.56. The molecule has 2 aliphatic heterocycles. The van der Waals surface area contributed by atoms with Crippen molar-refractivity contribution in [3.05, 3.63) is 57.6 Å². The fraction of sp³-hybridized carbons (Fsp3) is 0.364. The highest BCUT2D eigenvalue weighted by Gasteiger charge is 2.25. The molecule has 4 rings (SSSR count). The third kappa shape index (κ3) is 4.45. The Kier molecular flexibility index (Phi) is 5.75. The molecule has 9 heteroatoms. The van der Waals surface area contributed by atoms with Gasteiger partial charge in [0.2, 0.25) is 6.79 Å². The standard InChI is InChI=1S/C22H22N2O7/c1-14-6-8-23(9-7-14)17-4-2-16(10-18(17)24(27)28)22(26)29-12-19(25)15-3-5-20-21(11-15)31-13-30-20/h2-5,10-11,14H,6-9,12-13H2,1H3. The minimum atomic E-state index is -0.795. The Balaban J connectivity index is 1.44. The average Bonchev–Trinajstić information content (AvgIpc) is 3.25. The third-order valence-electron chi connectivity index (χ3n) is 5.56. The lowest BCUT2D eigenvalue weighted by Crippen LogP contribution is -2.33. The molecule has 31 heavy (non-hydrogen) atoms. The van der Waals surface area contributed by atoms with Crippen molar-refractivity contribution in [2.45, 2.75) is 19.8 Å². The fourth-order valence-electron chi connectivity index (χ4n) is 3.68. The van der Waals surface area contributed by atoms with E-state index in [-0.39, 0.29) is 18.0 Å². The molecule has 2 heterocycles. The van der Waals surface area contributed by atoms with Gasteiger partial charge in [0, 0.05) is 24.7 Å². The summed E-state index contributed by atoms with van der Waals surface area (Å²) in [6, 6.07) is 8.97. The second kappa shape index (κ2) is 8.63. The van der Waals surface area contributed by atoms with Gasteiger partial charge in [0.05, 0.1) is 10.5 Å². The molecule has 0 spiro atoms. The van der Waals surface area contributed by atoms with Crippen molar-refractivity contribution in [3.8, 4) is 11.5 Å². The van der Waals surface area contributed by atoms with E-state index in [1.54, 1.807) is 18.2 Å². The molecule has 0 atom stereocenters. The first kappa shape index (κ1) is 20.6. The van der Waals surface area contributed by atoms with Gasteiger partial charge < -0.3 is 19.1 Å².